The van der Waals surface area contributed by atoms with E-state index in [4.69, 9.17) is 11.6 Å². The summed E-state index contributed by atoms with van der Waals surface area (Å²) < 4.78 is 0. The van der Waals surface area contributed by atoms with E-state index in [1.54, 1.807) is 11.0 Å². The maximum absolute atomic E-state index is 13.8. The number of benzene rings is 2. The number of fused-ring (bicyclic) bond motifs is 2. The first-order valence-electron chi connectivity index (χ1n) is 9.57. The molecule has 2 atom stereocenters. The molecular formula is C22H24ClNO3. The largest absolute Gasteiger partial charge is 0.394 e. The van der Waals surface area contributed by atoms with Gasteiger partial charge in [-0.15, -0.1) is 0 Å². The van der Waals surface area contributed by atoms with Gasteiger partial charge in [0.25, 0.3) is 0 Å². The quantitative estimate of drug-likeness (QED) is 0.836. The lowest BCUT2D eigenvalue weighted by atomic mass is 9.70. The number of aliphatic hydroxyl groups is 2. The third-order valence-corrected chi connectivity index (χ3v) is 6.35. The second-order valence-corrected chi connectivity index (χ2v) is 7.97. The summed E-state index contributed by atoms with van der Waals surface area (Å²) >= 11 is 6.57. The van der Waals surface area contributed by atoms with Crippen LogP contribution in [0, 0.1) is 0 Å². The van der Waals surface area contributed by atoms with Crippen molar-refractivity contribution in [3.05, 3.63) is 64.7 Å². The minimum atomic E-state index is -1.10. The Morgan fingerprint density at radius 3 is 2.41 bits per heavy atom. The first-order valence-corrected chi connectivity index (χ1v) is 9.94. The minimum absolute atomic E-state index is 0.00773. The molecule has 2 aromatic rings. The average Bonchev–Trinajstić information content (AvgIpc) is 2.94. The lowest BCUT2D eigenvalue weighted by molar-refractivity contribution is -0.125. The maximum Gasteiger partial charge on any atom is 0.238 e. The molecule has 0 bridgehead atoms. The van der Waals surface area contributed by atoms with Crippen molar-refractivity contribution in [1.29, 1.82) is 0 Å². The van der Waals surface area contributed by atoms with Gasteiger partial charge in [0.05, 0.1) is 28.8 Å². The molecule has 5 heteroatoms. The summed E-state index contributed by atoms with van der Waals surface area (Å²) in [4.78, 5) is 15.5. The fourth-order valence-electron chi connectivity index (χ4n) is 4.79. The molecular weight excluding hydrogens is 362 g/mol. The van der Waals surface area contributed by atoms with Gasteiger partial charge in [0.15, 0.2) is 0 Å². The molecule has 4 rings (SSSR count). The number of aliphatic hydroxyl groups excluding tert-OH is 2. The van der Waals surface area contributed by atoms with E-state index in [-0.39, 0.29) is 5.91 Å². The molecule has 2 N–H and O–H groups in total. The lowest BCUT2D eigenvalue weighted by Gasteiger charge is -2.36. The number of hydrogen-bond acceptors (Lipinski definition) is 3. The Balaban J connectivity index is 1.90. The third-order valence-electron chi connectivity index (χ3n) is 6.05. The summed E-state index contributed by atoms with van der Waals surface area (Å²) in [5.41, 5.74) is 1.87. The number of carbonyl (C=O) groups excluding carboxylic acids is 1. The van der Waals surface area contributed by atoms with Gasteiger partial charge < -0.3 is 10.2 Å². The van der Waals surface area contributed by atoms with Gasteiger partial charge in [0.1, 0.15) is 6.10 Å². The molecule has 0 aromatic heterocycles. The van der Waals surface area contributed by atoms with Gasteiger partial charge >= 0.3 is 0 Å². The number of rotatable bonds is 4. The monoisotopic (exact) mass is 385 g/mol. The van der Waals surface area contributed by atoms with E-state index in [0.29, 0.717) is 10.7 Å². The Hall–Kier alpha value is -1.88. The van der Waals surface area contributed by atoms with E-state index in [1.807, 2.05) is 42.5 Å². The minimum Gasteiger partial charge on any atom is -0.394 e. The third kappa shape index (κ3) is 2.87. The summed E-state index contributed by atoms with van der Waals surface area (Å²) in [5.74, 6) is -0.00773. The van der Waals surface area contributed by atoms with Crippen LogP contribution >= 0.6 is 11.6 Å². The van der Waals surface area contributed by atoms with Crippen LogP contribution in [0.25, 0.3) is 0 Å². The molecule has 1 amide bonds. The van der Waals surface area contributed by atoms with Gasteiger partial charge in [-0.3, -0.25) is 9.69 Å². The van der Waals surface area contributed by atoms with Crippen molar-refractivity contribution in [2.45, 2.75) is 49.7 Å². The first kappa shape index (κ1) is 18.5. The van der Waals surface area contributed by atoms with Crippen molar-refractivity contribution in [3.8, 4) is 0 Å². The van der Waals surface area contributed by atoms with Gasteiger partial charge in [-0.25, -0.2) is 0 Å². The van der Waals surface area contributed by atoms with E-state index in [0.717, 1.165) is 43.2 Å². The summed E-state index contributed by atoms with van der Waals surface area (Å²) in [5, 5.41) is 20.9. The van der Waals surface area contributed by atoms with Crippen molar-refractivity contribution in [2.24, 2.45) is 0 Å². The van der Waals surface area contributed by atoms with E-state index in [1.165, 1.54) is 0 Å². The van der Waals surface area contributed by atoms with Gasteiger partial charge in [-0.1, -0.05) is 73.3 Å². The number of para-hydroxylation sites is 1. The molecule has 1 aliphatic carbocycles. The van der Waals surface area contributed by atoms with Crippen LogP contribution < -0.4 is 4.90 Å². The highest BCUT2D eigenvalue weighted by Crippen LogP contribution is 2.54. The molecule has 142 valence electrons. The van der Waals surface area contributed by atoms with Crippen molar-refractivity contribution in [1.82, 2.24) is 0 Å². The van der Waals surface area contributed by atoms with Gasteiger partial charge in [-0.05, 0) is 30.0 Å². The molecule has 0 radical (unpaired) electrons. The van der Waals surface area contributed by atoms with Gasteiger partial charge in [-0.2, -0.15) is 0 Å². The molecule has 0 unspecified atom stereocenters. The van der Waals surface area contributed by atoms with Crippen LogP contribution in [0.5, 0.6) is 0 Å². The second kappa shape index (κ2) is 7.27. The Morgan fingerprint density at radius 1 is 1.04 bits per heavy atom. The number of anilines is 1. The predicted octanol–water partition coefficient (Wildman–Crippen LogP) is 3.98. The molecule has 2 aliphatic rings. The molecule has 0 saturated heterocycles. The standard InChI is InChI=1S/C22H24ClNO3/c23-17-11-7-10-16-20(17)24(21(27)22(16)12-5-2-6-13-22)19(18(26)14-25)15-8-3-1-4-9-15/h1,3-4,7-11,18-19,25-26H,2,5-6,12-14H2/t18-,19+/m1/s1. The molecule has 1 fully saturated rings. The van der Waals surface area contributed by atoms with E-state index in [9.17, 15) is 15.0 Å². The lowest BCUT2D eigenvalue weighted by Crippen LogP contribution is -2.46. The Kier molecular flexibility index (Phi) is 4.97. The van der Waals surface area contributed by atoms with Crippen LogP contribution in [0.2, 0.25) is 5.02 Å². The number of hydrogen-bond donors (Lipinski definition) is 2. The second-order valence-electron chi connectivity index (χ2n) is 7.56. The molecule has 1 spiro atoms. The number of nitrogens with zero attached hydrogens (tertiary/aromatic N) is 1. The number of amides is 1. The fourth-order valence-corrected chi connectivity index (χ4v) is 5.06. The van der Waals surface area contributed by atoms with Crippen molar-refractivity contribution >= 4 is 23.2 Å². The van der Waals surface area contributed by atoms with Crippen molar-refractivity contribution in [2.75, 3.05) is 11.5 Å². The molecule has 1 heterocycles. The zero-order valence-electron chi connectivity index (χ0n) is 15.1. The molecule has 1 aliphatic heterocycles. The van der Waals surface area contributed by atoms with Crippen molar-refractivity contribution in [3.63, 3.8) is 0 Å². The molecule has 2 aromatic carbocycles. The van der Waals surface area contributed by atoms with Crippen LogP contribution in [0.15, 0.2) is 48.5 Å². The topological polar surface area (TPSA) is 60.8 Å². The zero-order valence-corrected chi connectivity index (χ0v) is 15.9. The van der Waals surface area contributed by atoms with Crippen LogP contribution in [0.3, 0.4) is 0 Å². The molecule has 27 heavy (non-hydrogen) atoms. The van der Waals surface area contributed by atoms with Crippen LogP contribution in [-0.4, -0.2) is 28.8 Å². The van der Waals surface area contributed by atoms with Gasteiger partial charge in [0, 0.05) is 0 Å². The fraction of sp³-hybridized carbons (Fsp3) is 0.409. The molecule has 4 nitrogen and oxygen atoms in total. The number of halogens is 1. The summed E-state index contributed by atoms with van der Waals surface area (Å²) in [6, 6.07) is 14.4. The maximum atomic E-state index is 13.8. The Bertz CT molecular complexity index is 833. The number of carbonyl (C=O) groups is 1. The van der Waals surface area contributed by atoms with E-state index >= 15 is 0 Å². The Morgan fingerprint density at radius 2 is 1.74 bits per heavy atom. The zero-order chi connectivity index (χ0) is 19.0. The predicted molar refractivity (Wildman–Crippen MR) is 106 cm³/mol. The Labute approximate surface area is 164 Å². The SMILES string of the molecule is O=C1N([C@@H](c2ccccc2)[C@H](O)CO)c2c(Cl)cccc2C12CCCCC2. The van der Waals surface area contributed by atoms with Crippen LogP contribution in [0.1, 0.15) is 49.3 Å². The van der Waals surface area contributed by atoms with E-state index < -0.39 is 24.2 Å². The first-order chi connectivity index (χ1) is 13.1. The van der Waals surface area contributed by atoms with Crippen LogP contribution in [0.4, 0.5) is 5.69 Å². The highest BCUT2D eigenvalue weighted by molar-refractivity contribution is 6.35. The summed E-state index contributed by atoms with van der Waals surface area (Å²) in [7, 11) is 0. The van der Waals surface area contributed by atoms with Crippen molar-refractivity contribution < 1.29 is 15.0 Å². The van der Waals surface area contributed by atoms with Crippen LogP contribution in [-0.2, 0) is 10.2 Å². The smallest absolute Gasteiger partial charge is 0.238 e. The summed E-state index contributed by atoms with van der Waals surface area (Å²) in [6.45, 7) is -0.434. The molecule has 1 saturated carbocycles. The normalized spacial score (nSPS) is 20.6. The summed E-state index contributed by atoms with van der Waals surface area (Å²) in [6.07, 6.45) is 3.64. The van der Waals surface area contributed by atoms with E-state index in [2.05, 4.69) is 0 Å². The highest BCUT2D eigenvalue weighted by Gasteiger charge is 2.54. The average molecular weight is 386 g/mol. The van der Waals surface area contributed by atoms with Gasteiger partial charge in [0.2, 0.25) is 5.91 Å². The highest BCUT2D eigenvalue weighted by atomic mass is 35.5.